The summed E-state index contributed by atoms with van der Waals surface area (Å²) < 4.78 is 12.8. The predicted molar refractivity (Wildman–Crippen MR) is 137 cm³/mol. The average Bonchev–Trinajstić information content (AvgIpc) is 3.51. The zero-order valence-corrected chi connectivity index (χ0v) is 21.0. The van der Waals surface area contributed by atoms with Crippen molar-refractivity contribution in [1.82, 2.24) is 14.9 Å². The van der Waals surface area contributed by atoms with Crippen LogP contribution in [-0.2, 0) is 34.9 Å². The molecule has 0 unspecified atom stereocenters. The molecule has 1 aromatic heterocycles. The summed E-state index contributed by atoms with van der Waals surface area (Å²) in [5, 5.41) is 3.55. The number of nitrogens with zero attached hydrogens (tertiary/aromatic N) is 5. The second-order valence-electron chi connectivity index (χ2n) is 10.9. The van der Waals surface area contributed by atoms with E-state index in [0.717, 1.165) is 55.6 Å². The van der Waals surface area contributed by atoms with Crippen LogP contribution in [0.5, 0.6) is 0 Å². The minimum Gasteiger partial charge on any atom is -0.371 e. The molecule has 1 aromatic carbocycles. The lowest BCUT2D eigenvalue weighted by molar-refractivity contribution is -0.132. The third-order valence-electron chi connectivity index (χ3n) is 8.63. The lowest BCUT2D eigenvalue weighted by Gasteiger charge is -2.31. The quantitative estimate of drug-likeness (QED) is 0.698. The third kappa shape index (κ3) is 3.70. The predicted octanol–water partition coefficient (Wildman–Crippen LogP) is 1.84. The number of benzene rings is 1. The fourth-order valence-electron chi connectivity index (χ4n) is 6.49. The number of carbonyl (C=O) groups is 1. The van der Waals surface area contributed by atoms with Gasteiger partial charge in [0.05, 0.1) is 16.5 Å². The van der Waals surface area contributed by atoms with Crippen LogP contribution in [0.2, 0.25) is 0 Å². The van der Waals surface area contributed by atoms with E-state index in [4.69, 9.17) is 9.97 Å². The highest BCUT2D eigenvalue weighted by molar-refractivity contribution is 7.85. The van der Waals surface area contributed by atoms with Crippen molar-refractivity contribution < 1.29 is 9.00 Å². The molecule has 35 heavy (non-hydrogen) atoms. The van der Waals surface area contributed by atoms with Crippen molar-refractivity contribution in [3.8, 4) is 0 Å². The van der Waals surface area contributed by atoms with Crippen molar-refractivity contribution in [2.24, 2.45) is 11.8 Å². The largest absolute Gasteiger partial charge is 0.371 e. The molecular formula is C26H32N6O2S. The SMILES string of the molecule is CN1C[C@@H](Nc2nc(N3C[C@H]4CN(c5ccc6c(c5)CC6)C[C@H]4C3)nc3c2[S@](=O)CC3)CCC1=O. The topological polar surface area (TPSA) is 81.7 Å². The average molecular weight is 493 g/mol. The van der Waals surface area contributed by atoms with Crippen LogP contribution in [0.25, 0.3) is 0 Å². The lowest BCUT2D eigenvalue weighted by Crippen LogP contribution is -2.43. The van der Waals surface area contributed by atoms with Crippen LogP contribution >= 0.6 is 0 Å². The highest BCUT2D eigenvalue weighted by Crippen LogP contribution is 2.38. The molecule has 9 heteroatoms. The van der Waals surface area contributed by atoms with Crippen molar-refractivity contribution in [3.63, 3.8) is 0 Å². The van der Waals surface area contributed by atoms with E-state index in [1.165, 1.54) is 29.7 Å². The molecule has 2 aromatic rings. The van der Waals surface area contributed by atoms with Gasteiger partial charge < -0.3 is 20.0 Å². The van der Waals surface area contributed by atoms with Gasteiger partial charge in [-0.05, 0) is 42.5 Å². The number of piperidine rings is 1. The van der Waals surface area contributed by atoms with Gasteiger partial charge in [0.2, 0.25) is 11.9 Å². The normalized spacial score (nSPS) is 29.2. The first-order valence-electron chi connectivity index (χ1n) is 12.9. The maximum absolute atomic E-state index is 12.8. The van der Waals surface area contributed by atoms with Crippen LogP contribution in [-0.4, -0.2) is 76.6 Å². The van der Waals surface area contributed by atoms with Crippen LogP contribution in [0.1, 0.15) is 29.7 Å². The van der Waals surface area contributed by atoms with E-state index in [1.54, 1.807) is 4.90 Å². The van der Waals surface area contributed by atoms with E-state index in [0.29, 0.717) is 36.4 Å². The van der Waals surface area contributed by atoms with Gasteiger partial charge in [-0.1, -0.05) is 6.07 Å². The number of rotatable bonds is 4. The van der Waals surface area contributed by atoms with E-state index in [2.05, 4.69) is 33.3 Å². The van der Waals surface area contributed by atoms with Gasteiger partial charge in [-0.15, -0.1) is 0 Å². The Hall–Kier alpha value is -2.68. The van der Waals surface area contributed by atoms with Gasteiger partial charge in [0, 0.05) is 81.9 Å². The Bertz CT molecular complexity index is 1220. The molecule has 3 fully saturated rings. The van der Waals surface area contributed by atoms with Crippen molar-refractivity contribution in [2.45, 2.75) is 43.0 Å². The highest BCUT2D eigenvalue weighted by Gasteiger charge is 2.42. The number of fused-ring (bicyclic) bond motifs is 3. The van der Waals surface area contributed by atoms with E-state index in [-0.39, 0.29) is 11.9 Å². The van der Waals surface area contributed by atoms with Crippen LogP contribution < -0.4 is 15.1 Å². The molecule has 4 atom stereocenters. The Morgan fingerprint density at radius 3 is 2.43 bits per heavy atom. The molecule has 7 rings (SSSR count). The molecule has 0 saturated carbocycles. The number of aromatic nitrogens is 2. The summed E-state index contributed by atoms with van der Waals surface area (Å²) in [6.45, 7) is 4.75. The molecule has 0 bridgehead atoms. The molecule has 3 saturated heterocycles. The van der Waals surface area contributed by atoms with Crippen molar-refractivity contribution in [1.29, 1.82) is 0 Å². The number of likely N-dealkylation sites (tertiary alicyclic amines) is 1. The molecular weight excluding hydrogens is 460 g/mol. The Morgan fingerprint density at radius 2 is 1.71 bits per heavy atom. The van der Waals surface area contributed by atoms with Crippen LogP contribution in [0.3, 0.4) is 0 Å². The van der Waals surface area contributed by atoms with E-state index < -0.39 is 10.8 Å². The van der Waals surface area contributed by atoms with Crippen LogP contribution in [0.4, 0.5) is 17.5 Å². The van der Waals surface area contributed by atoms with Gasteiger partial charge >= 0.3 is 0 Å². The van der Waals surface area contributed by atoms with Gasteiger partial charge in [0.15, 0.2) is 0 Å². The number of nitrogens with one attached hydrogen (secondary N) is 1. The van der Waals surface area contributed by atoms with Gasteiger partial charge in [-0.3, -0.25) is 9.00 Å². The third-order valence-corrected chi connectivity index (χ3v) is 10.1. The standard InChI is InChI=1S/C26H32N6O2S/c1-30-15-20(5-7-23(30)33)27-25-24-22(8-9-35(24)34)28-26(29-25)32-13-18-11-31(12-19(18)14-32)21-6-4-16-2-3-17(16)10-21/h4,6,10,18-20H,2-3,5,7-9,11-15H2,1H3,(H,27,28,29)/t18-,19+,20-,35+/m0/s1. The van der Waals surface area contributed by atoms with Gasteiger partial charge in [-0.2, -0.15) is 4.98 Å². The maximum atomic E-state index is 12.8. The first-order chi connectivity index (χ1) is 17.0. The second-order valence-corrected chi connectivity index (χ2v) is 12.4. The molecule has 1 N–H and O–H groups in total. The first-order valence-corrected chi connectivity index (χ1v) is 14.2. The smallest absolute Gasteiger partial charge is 0.227 e. The summed E-state index contributed by atoms with van der Waals surface area (Å²) in [4.78, 5) is 29.2. The summed E-state index contributed by atoms with van der Waals surface area (Å²) in [5.41, 5.74) is 5.35. The van der Waals surface area contributed by atoms with Crippen molar-refractivity contribution in [3.05, 3.63) is 35.0 Å². The molecule has 4 aliphatic heterocycles. The van der Waals surface area contributed by atoms with Gasteiger partial charge in [-0.25, -0.2) is 4.98 Å². The van der Waals surface area contributed by atoms with Crippen LogP contribution in [0.15, 0.2) is 23.1 Å². The summed E-state index contributed by atoms with van der Waals surface area (Å²) in [5.74, 6) is 3.51. The number of anilines is 3. The minimum absolute atomic E-state index is 0.122. The molecule has 8 nitrogen and oxygen atoms in total. The summed E-state index contributed by atoms with van der Waals surface area (Å²) >= 11 is 0. The Balaban J connectivity index is 1.09. The number of carbonyl (C=O) groups excluding carboxylic acids is 1. The van der Waals surface area contributed by atoms with Crippen molar-refractivity contribution >= 4 is 34.2 Å². The number of likely N-dealkylation sites (N-methyl/N-ethyl adjacent to an activating group) is 1. The summed E-state index contributed by atoms with van der Waals surface area (Å²) in [6, 6.07) is 7.13. The van der Waals surface area contributed by atoms with Crippen molar-refractivity contribution in [2.75, 3.05) is 60.6 Å². The fraction of sp³-hybridized carbons (Fsp3) is 0.577. The number of aryl methyl sites for hydroxylation is 3. The molecule has 0 radical (unpaired) electrons. The summed E-state index contributed by atoms with van der Waals surface area (Å²) in [6.07, 6.45) is 4.50. The van der Waals surface area contributed by atoms with E-state index in [1.807, 2.05) is 7.05 Å². The Labute approximate surface area is 208 Å². The molecule has 184 valence electrons. The molecule has 5 aliphatic rings. The summed E-state index contributed by atoms with van der Waals surface area (Å²) in [7, 11) is 0.783. The second kappa shape index (κ2) is 8.18. The van der Waals surface area contributed by atoms with Crippen LogP contribution in [0, 0.1) is 11.8 Å². The van der Waals surface area contributed by atoms with E-state index >= 15 is 0 Å². The minimum atomic E-state index is -1.06. The number of hydrogen-bond donors (Lipinski definition) is 1. The first kappa shape index (κ1) is 21.6. The molecule has 1 amide bonds. The molecule has 5 heterocycles. The van der Waals surface area contributed by atoms with E-state index in [9.17, 15) is 9.00 Å². The highest BCUT2D eigenvalue weighted by atomic mass is 32.2. The Kier molecular flexibility index (Phi) is 5.05. The Morgan fingerprint density at radius 1 is 0.943 bits per heavy atom. The maximum Gasteiger partial charge on any atom is 0.227 e. The molecule has 1 aliphatic carbocycles. The number of hydrogen-bond acceptors (Lipinski definition) is 7. The fourth-order valence-corrected chi connectivity index (χ4v) is 7.81. The van der Waals surface area contributed by atoms with Gasteiger partial charge in [0.1, 0.15) is 10.7 Å². The molecule has 0 spiro atoms. The zero-order chi connectivity index (χ0) is 23.7. The monoisotopic (exact) mass is 492 g/mol. The number of amides is 1. The zero-order valence-electron chi connectivity index (χ0n) is 20.2. The lowest BCUT2D eigenvalue weighted by atomic mass is 9.88. The van der Waals surface area contributed by atoms with Gasteiger partial charge in [0.25, 0.3) is 0 Å².